The molecule has 0 aliphatic heterocycles. The second kappa shape index (κ2) is 15.7. The lowest BCUT2D eigenvalue weighted by Crippen LogP contribution is -3.00. The maximum absolute atomic E-state index is 2.43. The maximum atomic E-state index is 2.43. The molecule has 0 heterocycles. The van der Waals surface area contributed by atoms with Gasteiger partial charge in [0.25, 0.3) is 0 Å². The van der Waals surface area contributed by atoms with Crippen molar-refractivity contribution in [1.29, 1.82) is 0 Å². The summed E-state index contributed by atoms with van der Waals surface area (Å²) in [6.45, 7) is 2.29. The minimum absolute atomic E-state index is 0. The molecule has 0 aliphatic rings. The van der Waals surface area contributed by atoms with Gasteiger partial charge in [0.1, 0.15) is 11.5 Å². The fourth-order valence-corrected chi connectivity index (χ4v) is 4.37. The molecule has 0 radical (unpaired) electrons. The van der Waals surface area contributed by atoms with Gasteiger partial charge in [-0.3, -0.25) is 0 Å². The van der Waals surface area contributed by atoms with Crippen LogP contribution in [0.25, 0.3) is 0 Å². The first kappa shape index (κ1) is 21.9. The standard InChI is InChI=1S/C20H35S.ClH/c1-3-4-5-6-7-8-9-10-11-15-18-21(2)19-20-16-13-12-14-17-20;/h12-14,16-17H,3-11,15,18-19H2,1-2H3;1H/q+1;/p-1. The van der Waals surface area contributed by atoms with Crippen molar-refractivity contribution in [3.05, 3.63) is 35.9 Å². The number of unbranched alkanes of at least 4 members (excludes halogenated alkanes) is 9. The Morgan fingerprint density at radius 1 is 0.727 bits per heavy atom. The summed E-state index contributed by atoms with van der Waals surface area (Å²) in [6.07, 6.45) is 16.9. The number of hydrogen-bond acceptors (Lipinski definition) is 0. The molecule has 0 aromatic heterocycles. The van der Waals surface area contributed by atoms with Crippen LogP contribution >= 0.6 is 0 Å². The van der Waals surface area contributed by atoms with Gasteiger partial charge < -0.3 is 12.4 Å². The molecule has 0 spiro atoms. The summed E-state index contributed by atoms with van der Waals surface area (Å²) in [5.41, 5.74) is 1.51. The van der Waals surface area contributed by atoms with Crippen molar-refractivity contribution < 1.29 is 12.4 Å². The number of rotatable bonds is 13. The normalized spacial score (nSPS) is 11.9. The molecule has 0 N–H and O–H groups in total. The Hall–Kier alpha value is -0.140. The zero-order valence-electron chi connectivity index (χ0n) is 14.7. The van der Waals surface area contributed by atoms with E-state index in [-0.39, 0.29) is 12.4 Å². The van der Waals surface area contributed by atoms with E-state index in [2.05, 4.69) is 43.5 Å². The molecular formula is C20H35ClS. The van der Waals surface area contributed by atoms with Crippen molar-refractivity contribution in [2.45, 2.75) is 76.9 Å². The van der Waals surface area contributed by atoms with Crippen LogP contribution in [0.2, 0.25) is 0 Å². The Balaban J connectivity index is 0.00000441. The lowest BCUT2D eigenvalue weighted by molar-refractivity contribution is -0.00000463. The van der Waals surface area contributed by atoms with Gasteiger partial charge in [0.2, 0.25) is 0 Å². The van der Waals surface area contributed by atoms with Crippen molar-refractivity contribution in [1.82, 2.24) is 0 Å². The molecule has 0 nitrogen and oxygen atoms in total. The van der Waals surface area contributed by atoms with Gasteiger partial charge in [-0.25, -0.2) is 0 Å². The van der Waals surface area contributed by atoms with E-state index in [1.54, 1.807) is 0 Å². The summed E-state index contributed by atoms with van der Waals surface area (Å²) < 4.78 is 0. The molecular weight excluding hydrogens is 308 g/mol. The molecule has 0 amide bonds. The Bertz CT molecular complexity index is 326. The molecule has 22 heavy (non-hydrogen) atoms. The molecule has 0 aliphatic carbocycles. The van der Waals surface area contributed by atoms with E-state index in [1.165, 1.54) is 81.3 Å². The summed E-state index contributed by atoms with van der Waals surface area (Å²) in [6, 6.07) is 11.0. The first-order valence-electron chi connectivity index (χ1n) is 8.96. The minimum Gasteiger partial charge on any atom is -1.00 e. The molecule has 2 heteroatoms. The van der Waals surface area contributed by atoms with Crippen molar-refractivity contribution in [2.75, 3.05) is 12.0 Å². The van der Waals surface area contributed by atoms with Crippen LogP contribution in [0, 0.1) is 0 Å². The number of benzene rings is 1. The van der Waals surface area contributed by atoms with E-state index in [0.717, 1.165) is 0 Å². The monoisotopic (exact) mass is 342 g/mol. The molecule has 0 fully saturated rings. The number of halogens is 1. The summed E-state index contributed by atoms with van der Waals surface area (Å²) in [4.78, 5) is 0. The van der Waals surface area contributed by atoms with Crippen molar-refractivity contribution >= 4 is 10.9 Å². The van der Waals surface area contributed by atoms with Crippen LogP contribution in [-0.4, -0.2) is 12.0 Å². The molecule has 0 bridgehead atoms. The van der Waals surface area contributed by atoms with E-state index >= 15 is 0 Å². The van der Waals surface area contributed by atoms with Crippen LogP contribution in [0.4, 0.5) is 0 Å². The zero-order valence-corrected chi connectivity index (χ0v) is 16.2. The Labute approximate surface area is 148 Å². The first-order valence-corrected chi connectivity index (χ1v) is 10.9. The van der Waals surface area contributed by atoms with Crippen LogP contribution in [0.5, 0.6) is 0 Å². The SMILES string of the molecule is CCCCCCCCCCCC[S+](C)Cc1ccccc1.[Cl-]. The third kappa shape index (κ3) is 12.4. The fraction of sp³-hybridized carbons (Fsp3) is 0.700. The average Bonchev–Trinajstić information content (AvgIpc) is 2.50. The highest BCUT2D eigenvalue weighted by atomic mass is 35.5. The van der Waals surface area contributed by atoms with Gasteiger partial charge in [-0.15, -0.1) is 0 Å². The van der Waals surface area contributed by atoms with Gasteiger partial charge in [-0.1, -0.05) is 88.6 Å². The van der Waals surface area contributed by atoms with E-state index < -0.39 is 0 Å². The molecule has 128 valence electrons. The highest BCUT2D eigenvalue weighted by molar-refractivity contribution is 7.95. The Morgan fingerprint density at radius 3 is 1.77 bits per heavy atom. The lowest BCUT2D eigenvalue weighted by Gasteiger charge is -2.04. The topological polar surface area (TPSA) is 0 Å². The highest BCUT2D eigenvalue weighted by Gasteiger charge is 2.10. The Morgan fingerprint density at radius 2 is 1.23 bits per heavy atom. The van der Waals surface area contributed by atoms with Gasteiger partial charge in [0.15, 0.2) is 0 Å². The largest absolute Gasteiger partial charge is 1.00 e. The van der Waals surface area contributed by atoms with Crippen molar-refractivity contribution in [3.63, 3.8) is 0 Å². The lowest BCUT2D eigenvalue weighted by atomic mass is 10.1. The maximum Gasteiger partial charge on any atom is 0.132 e. The van der Waals surface area contributed by atoms with Gasteiger partial charge in [-0.2, -0.15) is 0 Å². The van der Waals surface area contributed by atoms with Crippen LogP contribution in [0.3, 0.4) is 0 Å². The summed E-state index contributed by atoms with van der Waals surface area (Å²) in [7, 11) is 0.566. The van der Waals surface area contributed by atoms with Crippen LogP contribution < -0.4 is 12.4 Å². The van der Waals surface area contributed by atoms with E-state index in [9.17, 15) is 0 Å². The van der Waals surface area contributed by atoms with Crippen LogP contribution in [-0.2, 0) is 16.6 Å². The highest BCUT2D eigenvalue weighted by Crippen LogP contribution is 2.12. The van der Waals surface area contributed by atoms with E-state index in [4.69, 9.17) is 0 Å². The fourth-order valence-electron chi connectivity index (χ4n) is 2.77. The van der Waals surface area contributed by atoms with Crippen LogP contribution in [0.1, 0.15) is 76.7 Å². The molecule has 1 aromatic rings. The van der Waals surface area contributed by atoms with Crippen molar-refractivity contribution in [3.8, 4) is 0 Å². The molecule has 1 unspecified atom stereocenters. The summed E-state index contributed by atoms with van der Waals surface area (Å²) in [5, 5.41) is 0. The average molecular weight is 343 g/mol. The molecule has 0 saturated heterocycles. The van der Waals surface area contributed by atoms with Gasteiger partial charge in [0.05, 0.1) is 6.26 Å². The summed E-state index contributed by atoms with van der Waals surface area (Å²) >= 11 is 0. The van der Waals surface area contributed by atoms with Gasteiger partial charge in [0, 0.05) is 5.56 Å². The van der Waals surface area contributed by atoms with E-state index in [1.807, 2.05) is 0 Å². The quantitative estimate of drug-likeness (QED) is 0.381. The molecule has 1 atom stereocenters. The predicted molar refractivity (Wildman–Crippen MR) is 100 cm³/mol. The summed E-state index contributed by atoms with van der Waals surface area (Å²) in [5.74, 6) is 2.70. The van der Waals surface area contributed by atoms with E-state index in [0.29, 0.717) is 10.9 Å². The molecule has 1 rings (SSSR count). The Kier molecular flexibility index (Phi) is 15.6. The van der Waals surface area contributed by atoms with Crippen LogP contribution in [0.15, 0.2) is 30.3 Å². The molecule has 1 aromatic carbocycles. The minimum atomic E-state index is 0. The van der Waals surface area contributed by atoms with Gasteiger partial charge in [-0.05, 0) is 23.7 Å². The van der Waals surface area contributed by atoms with Crippen molar-refractivity contribution in [2.24, 2.45) is 0 Å². The van der Waals surface area contributed by atoms with Gasteiger partial charge >= 0.3 is 0 Å². The zero-order chi connectivity index (χ0) is 15.2. The second-order valence-electron chi connectivity index (χ2n) is 6.30. The third-order valence-corrected chi connectivity index (χ3v) is 5.91. The predicted octanol–water partition coefficient (Wildman–Crippen LogP) is 3.36. The smallest absolute Gasteiger partial charge is 0.132 e. The number of hydrogen-bond donors (Lipinski definition) is 0. The third-order valence-electron chi connectivity index (χ3n) is 4.10. The molecule has 0 saturated carbocycles. The first-order chi connectivity index (χ1) is 10.3. The second-order valence-corrected chi connectivity index (χ2v) is 8.56.